The second-order valence-corrected chi connectivity index (χ2v) is 10.1. The van der Waals surface area contributed by atoms with E-state index in [-0.39, 0.29) is 5.60 Å². The van der Waals surface area contributed by atoms with Gasteiger partial charge in [-0.05, 0) is 39.3 Å². The van der Waals surface area contributed by atoms with E-state index in [2.05, 4.69) is 35.2 Å². The van der Waals surface area contributed by atoms with Gasteiger partial charge in [-0.1, -0.05) is 0 Å². The number of nitrogens with zero attached hydrogens (tertiary/aromatic N) is 5. The molecule has 0 aromatic carbocycles. The van der Waals surface area contributed by atoms with Gasteiger partial charge in [-0.2, -0.15) is 15.1 Å². The van der Waals surface area contributed by atoms with Gasteiger partial charge in [-0.3, -0.25) is 4.90 Å². The van der Waals surface area contributed by atoms with Crippen LogP contribution in [0.5, 0.6) is 0 Å². The predicted molar refractivity (Wildman–Crippen MR) is 122 cm³/mol. The van der Waals surface area contributed by atoms with Crippen molar-refractivity contribution in [1.29, 1.82) is 0 Å². The van der Waals surface area contributed by atoms with E-state index in [4.69, 9.17) is 19.4 Å². The summed E-state index contributed by atoms with van der Waals surface area (Å²) in [7, 11) is 0. The first-order valence-electron chi connectivity index (χ1n) is 10.9. The Labute approximate surface area is 186 Å². The molecule has 0 aliphatic carbocycles. The molecule has 1 fully saturated rings. The first kappa shape index (κ1) is 20.8. The Morgan fingerprint density at radius 1 is 1.19 bits per heavy atom. The Morgan fingerprint density at radius 2 is 2.00 bits per heavy atom. The van der Waals surface area contributed by atoms with Crippen molar-refractivity contribution in [2.45, 2.75) is 46.3 Å². The molecule has 5 rings (SSSR count). The molecule has 0 amide bonds. The first-order chi connectivity index (χ1) is 14.9. The van der Waals surface area contributed by atoms with Gasteiger partial charge in [0.1, 0.15) is 10.6 Å². The average Bonchev–Trinajstić information content (AvgIpc) is 3.26. The van der Waals surface area contributed by atoms with E-state index in [0.29, 0.717) is 12.6 Å². The highest BCUT2D eigenvalue weighted by Gasteiger charge is 2.31. The summed E-state index contributed by atoms with van der Waals surface area (Å²) in [5.74, 6) is 1.52. The summed E-state index contributed by atoms with van der Waals surface area (Å²) in [6.07, 6.45) is 0.864. The van der Waals surface area contributed by atoms with Crippen molar-refractivity contribution in [2.24, 2.45) is 0 Å². The number of fused-ring (bicyclic) bond motifs is 3. The molecule has 0 saturated carbocycles. The molecule has 3 aromatic rings. The van der Waals surface area contributed by atoms with Crippen LogP contribution in [-0.2, 0) is 22.5 Å². The van der Waals surface area contributed by atoms with Crippen LogP contribution in [0, 0.1) is 13.8 Å². The minimum absolute atomic E-state index is 0.180. The molecule has 166 valence electrons. The van der Waals surface area contributed by atoms with Crippen LogP contribution in [0.4, 0.5) is 5.82 Å². The lowest BCUT2D eigenvalue weighted by Crippen LogP contribution is -2.39. The Kier molecular flexibility index (Phi) is 5.45. The molecule has 8 nitrogen and oxygen atoms in total. The number of thiophene rings is 1. The fourth-order valence-corrected chi connectivity index (χ4v) is 5.44. The maximum atomic E-state index is 6.06. The van der Waals surface area contributed by atoms with E-state index in [1.54, 1.807) is 11.3 Å². The Morgan fingerprint density at radius 3 is 2.74 bits per heavy atom. The summed E-state index contributed by atoms with van der Waals surface area (Å²) in [5, 5.41) is 9.38. The van der Waals surface area contributed by atoms with Gasteiger partial charge in [-0.15, -0.1) is 11.3 Å². The number of nitrogens with one attached hydrogen (secondary N) is 1. The number of aryl methyl sites for hydroxylation is 2. The van der Waals surface area contributed by atoms with Crippen LogP contribution in [0.3, 0.4) is 0 Å². The topological polar surface area (TPSA) is 77.3 Å². The zero-order chi connectivity index (χ0) is 21.6. The van der Waals surface area contributed by atoms with Crippen LogP contribution >= 0.6 is 11.3 Å². The molecule has 5 heterocycles. The van der Waals surface area contributed by atoms with Crippen LogP contribution < -0.4 is 5.32 Å². The largest absolute Gasteiger partial charge is 0.379 e. The zero-order valence-electron chi connectivity index (χ0n) is 18.7. The predicted octanol–water partition coefficient (Wildman–Crippen LogP) is 3.09. The van der Waals surface area contributed by atoms with Gasteiger partial charge in [0.2, 0.25) is 0 Å². The number of aromatic nitrogens is 4. The molecule has 3 aromatic heterocycles. The van der Waals surface area contributed by atoms with Gasteiger partial charge in [-0.25, -0.2) is 4.68 Å². The molecule has 9 heteroatoms. The molecular weight excluding hydrogens is 412 g/mol. The molecule has 2 aliphatic heterocycles. The smallest absolute Gasteiger partial charge is 0.254 e. The van der Waals surface area contributed by atoms with Crippen molar-refractivity contribution in [3.8, 4) is 5.95 Å². The van der Waals surface area contributed by atoms with E-state index in [1.807, 2.05) is 18.5 Å². The van der Waals surface area contributed by atoms with E-state index in [9.17, 15) is 0 Å². The first-order valence-corrected chi connectivity index (χ1v) is 11.8. The maximum Gasteiger partial charge on any atom is 0.254 e. The minimum Gasteiger partial charge on any atom is -0.379 e. The van der Waals surface area contributed by atoms with Gasteiger partial charge >= 0.3 is 0 Å². The third-order valence-electron chi connectivity index (χ3n) is 5.94. The number of hydrogen-bond donors (Lipinski definition) is 1. The minimum atomic E-state index is -0.180. The lowest BCUT2D eigenvalue weighted by atomic mass is 9.94. The van der Waals surface area contributed by atoms with Crippen molar-refractivity contribution < 1.29 is 9.47 Å². The van der Waals surface area contributed by atoms with E-state index < -0.39 is 0 Å². The van der Waals surface area contributed by atoms with Crippen molar-refractivity contribution in [2.75, 3.05) is 44.7 Å². The normalized spacial score (nSPS) is 19.0. The molecular formula is C22H30N6O2S. The van der Waals surface area contributed by atoms with Crippen LogP contribution in [0.25, 0.3) is 16.2 Å². The summed E-state index contributed by atoms with van der Waals surface area (Å²) < 4.78 is 13.4. The third-order valence-corrected chi connectivity index (χ3v) is 7.04. The molecule has 0 bridgehead atoms. The highest BCUT2D eigenvalue weighted by Crippen LogP contribution is 2.41. The number of anilines is 1. The summed E-state index contributed by atoms with van der Waals surface area (Å²) in [5.41, 5.74) is 3.14. The number of ether oxygens (including phenoxy) is 2. The second-order valence-electron chi connectivity index (χ2n) is 9.00. The summed E-state index contributed by atoms with van der Waals surface area (Å²) in [6.45, 7) is 14.3. The standard InChI is InChI=1S/C22H30N6O2S/c1-14-11-15(2)28(26-14)21-24-19(23-5-6-27-7-9-29-10-8-27)18-16-12-22(3,4)30-13-17(16)31-20(18)25-21/h11H,5-10,12-13H2,1-4H3,(H,23,24,25). The van der Waals surface area contributed by atoms with Crippen LogP contribution in [0.2, 0.25) is 0 Å². The van der Waals surface area contributed by atoms with Crippen molar-refractivity contribution in [1.82, 2.24) is 24.6 Å². The van der Waals surface area contributed by atoms with Gasteiger partial charge in [0.15, 0.2) is 0 Å². The fraction of sp³-hybridized carbons (Fsp3) is 0.591. The highest BCUT2D eigenvalue weighted by molar-refractivity contribution is 7.19. The lowest BCUT2D eigenvalue weighted by Gasteiger charge is -2.30. The molecule has 1 saturated heterocycles. The highest BCUT2D eigenvalue weighted by atomic mass is 32.1. The summed E-state index contributed by atoms with van der Waals surface area (Å²) >= 11 is 1.71. The van der Waals surface area contributed by atoms with Crippen LogP contribution in [-0.4, -0.2) is 69.6 Å². The number of rotatable bonds is 5. The molecule has 1 N–H and O–H groups in total. The van der Waals surface area contributed by atoms with Gasteiger partial charge in [0.05, 0.1) is 36.5 Å². The van der Waals surface area contributed by atoms with E-state index in [1.165, 1.54) is 10.4 Å². The summed E-state index contributed by atoms with van der Waals surface area (Å²) in [4.78, 5) is 14.6. The fourth-order valence-electron chi connectivity index (χ4n) is 4.34. The molecule has 0 atom stereocenters. The molecule has 0 spiro atoms. The molecule has 2 aliphatic rings. The Hall–Kier alpha value is -2.07. The monoisotopic (exact) mass is 442 g/mol. The maximum absolute atomic E-state index is 6.06. The van der Waals surface area contributed by atoms with Crippen LogP contribution in [0.1, 0.15) is 35.7 Å². The Balaban J connectivity index is 1.52. The number of morpholine rings is 1. The van der Waals surface area contributed by atoms with E-state index in [0.717, 1.165) is 73.2 Å². The zero-order valence-corrected chi connectivity index (χ0v) is 19.5. The SMILES string of the molecule is Cc1cc(C)n(-c2nc(NCCN3CCOCC3)c3c4c(sc3n2)COC(C)(C)C4)n1. The molecule has 31 heavy (non-hydrogen) atoms. The second kappa shape index (κ2) is 8.12. The van der Waals surface area contributed by atoms with Gasteiger partial charge in [0.25, 0.3) is 5.95 Å². The van der Waals surface area contributed by atoms with Crippen molar-refractivity contribution in [3.63, 3.8) is 0 Å². The van der Waals surface area contributed by atoms with Crippen LogP contribution in [0.15, 0.2) is 6.07 Å². The molecule has 0 unspecified atom stereocenters. The van der Waals surface area contributed by atoms with Crippen molar-refractivity contribution in [3.05, 3.63) is 27.9 Å². The van der Waals surface area contributed by atoms with Crippen molar-refractivity contribution >= 4 is 27.4 Å². The summed E-state index contributed by atoms with van der Waals surface area (Å²) in [6, 6.07) is 2.05. The lowest BCUT2D eigenvalue weighted by molar-refractivity contribution is -0.0379. The molecule has 0 radical (unpaired) electrons. The van der Waals surface area contributed by atoms with Gasteiger partial charge < -0.3 is 14.8 Å². The number of hydrogen-bond acceptors (Lipinski definition) is 8. The van der Waals surface area contributed by atoms with Gasteiger partial charge in [0, 0.05) is 43.2 Å². The Bertz CT molecular complexity index is 1100. The average molecular weight is 443 g/mol. The van der Waals surface area contributed by atoms with E-state index >= 15 is 0 Å². The quantitative estimate of drug-likeness (QED) is 0.651. The third kappa shape index (κ3) is 4.19.